The van der Waals surface area contributed by atoms with E-state index in [1.807, 2.05) is 0 Å². The van der Waals surface area contributed by atoms with E-state index in [-0.39, 0.29) is 28.6 Å². The summed E-state index contributed by atoms with van der Waals surface area (Å²) >= 11 is 1.45. The van der Waals surface area contributed by atoms with Gasteiger partial charge in [0.1, 0.15) is 0 Å². The molecule has 4 aliphatic rings. The van der Waals surface area contributed by atoms with E-state index < -0.39 is 0 Å². The van der Waals surface area contributed by atoms with Gasteiger partial charge in [0.05, 0.1) is 18.4 Å². The van der Waals surface area contributed by atoms with Gasteiger partial charge in [0, 0.05) is 30.8 Å². The van der Waals surface area contributed by atoms with Crippen molar-refractivity contribution >= 4 is 29.3 Å². The Balaban J connectivity index is 1.23. The van der Waals surface area contributed by atoms with Crippen LogP contribution in [0.5, 0.6) is 0 Å². The highest BCUT2D eigenvalue weighted by molar-refractivity contribution is 7.99. The third kappa shape index (κ3) is 4.38. The molecule has 3 unspecified atom stereocenters. The van der Waals surface area contributed by atoms with Crippen molar-refractivity contribution in [3.63, 3.8) is 0 Å². The fourth-order valence-corrected chi connectivity index (χ4v) is 7.11. The molecule has 0 aromatic carbocycles. The monoisotopic (exact) mass is 488 g/mol. The van der Waals surface area contributed by atoms with E-state index >= 15 is 0 Å². The van der Waals surface area contributed by atoms with Gasteiger partial charge in [-0.05, 0) is 62.2 Å². The van der Waals surface area contributed by atoms with E-state index in [9.17, 15) is 4.79 Å². The molecule has 2 aliphatic carbocycles. The Kier molecular flexibility index (Phi) is 6.70. The van der Waals surface area contributed by atoms with Crippen LogP contribution in [0.1, 0.15) is 72.6 Å². The second-order valence-corrected chi connectivity index (χ2v) is 12.5. The Morgan fingerprint density at radius 1 is 1.21 bits per heavy atom. The summed E-state index contributed by atoms with van der Waals surface area (Å²) in [5.41, 5.74) is 4.36. The molecule has 3 atom stereocenters. The fraction of sp³-hybridized carbons (Fsp3) is 0.840. The van der Waals surface area contributed by atoms with Crippen molar-refractivity contribution in [1.82, 2.24) is 20.2 Å². The Morgan fingerprint density at radius 3 is 2.65 bits per heavy atom. The van der Waals surface area contributed by atoms with Gasteiger partial charge in [0.15, 0.2) is 5.16 Å². The molecule has 2 saturated heterocycles. The number of piperidine rings is 1. The number of aromatic nitrogens is 3. The minimum atomic E-state index is -0.0818. The smallest absolute Gasteiger partial charge is 0.250 e. The van der Waals surface area contributed by atoms with Crippen molar-refractivity contribution in [2.24, 2.45) is 27.8 Å². The third-order valence-corrected chi connectivity index (χ3v) is 10.3. The maximum atomic E-state index is 12.7. The Morgan fingerprint density at radius 2 is 2.00 bits per heavy atom. The molecule has 9 heteroatoms. The molecule has 2 saturated carbocycles. The molecule has 34 heavy (non-hydrogen) atoms. The second-order valence-electron chi connectivity index (χ2n) is 11.6. The van der Waals surface area contributed by atoms with Gasteiger partial charge in [-0.1, -0.05) is 39.5 Å². The van der Waals surface area contributed by atoms with E-state index in [0.717, 1.165) is 68.2 Å². The second kappa shape index (κ2) is 9.45. The van der Waals surface area contributed by atoms with Crippen molar-refractivity contribution in [2.45, 2.75) is 90.4 Å². The molecule has 1 N–H and O–H groups in total. The van der Waals surface area contributed by atoms with Crippen LogP contribution in [-0.4, -0.2) is 57.9 Å². The summed E-state index contributed by atoms with van der Waals surface area (Å²) in [5, 5.41) is 14.4. The van der Waals surface area contributed by atoms with Gasteiger partial charge < -0.3 is 9.64 Å². The number of ether oxygens (including phenoxy) is 1. The molecular weight excluding hydrogens is 448 g/mol. The summed E-state index contributed by atoms with van der Waals surface area (Å²) < 4.78 is 8.09. The van der Waals surface area contributed by atoms with Gasteiger partial charge in [-0.15, -0.1) is 10.2 Å². The van der Waals surface area contributed by atoms with Crippen molar-refractivity contribution in [1.29, 1.82) is 0 Å². The normalized spacial score (nSPS) is 32.1. The summed E-state index contributed by atoms with van der Waals surface area (Å²) in [4.78, 5) is 15.1. The van der Waals surface area contributed by atoms with Crippen LogP contribution in [0, 0.1) is 22.7 Å². The van der Waals surface area contributed by atoms with Crippen LogP contribution < -0.4 is 10.3 Å². The molecule has 3 heterocycles. The Hall–Kier alpha value is -1.61. The highest BCUT2D eigenvalue weighted by Gasteiger charge is 2.60. The first-order valence-electron chi connectivity index (χ1n) is 13.1. The molecule has 5 rings (SSSR count). The van der Waals surface area contributed by atoms with Crippen LogP contribution in [-0.2, 0) is 16.1 Å². The Bertz CT molecular complexity index is 932. The standard InChI is InChI=1S/C25H40N6O2S/c1-17-8-11-30(12-9-17)22-28-29-23(31(22)15-19-6-5-13-33-19)34-16-21(32)27-26-20-14-18-7-10-25(20,4)24(18,2)3/h17-19H,5-16H2,1-4H3,(H,27,32)/b26-20+. The molecule has 2 aliphatic heterocycles. The predicted octanol–water partition coefficient (Wildman–Crippen LogP) is 4.10. The predicted molar refractivity (Wildman–Crippen MR) is 135 cm³/mol. The first-order chi connectivity index (χ1) is 16.3. The summed E-state index contributed by atoms with van der Waals surface area (Å²) in [7, 11) is 0. The van der Waals surface area contributed by atoms with Crippen molar-refractivity contribution in [2.75, 3.05) is 30.3 Å². The summed E-state index contributed by atoms with van der Waals surface area (Å²) in [6, 6.07) is 0. The summed E-state index contributed by atoms with van der Waals surface area (Å²) in [6.45, 7) is 12.9. The van der Waals surface area contributed by atoms with E-state index in [1.165, 1.54) is 37.4 Å². The molecule has 1 aromatic heterocycles. The molecule has 1 amide bonds. The number of fused-ring (bicyclic) bond motifs is 2. The molecule has 1 aromatic rings. The number of rotatable bonds is 7. The summed E-state index contributed by atoms with van der Waals surface area (Å²) in [6.07, 6.45) is 8.15. The van der Waals surface area contributed by atoms with Crippen LogP contribution in [0.25, 0.3) is 0 Å². The first kappa shape index (κ1) is 24.1. The minimum Gasteiger partial charge on any atom is -0.376 e. The Labute approximate surface area is 207 Å². The number of hydrazone groups is 1. The molecule has 8 nitrogen and oxygen atoms in total. The minimum absolute atomic E-state index is 0.0818. The first-order valence-corrected chi connectivity index (χ1v) is 14.0. The highest BCUT2D eigenvalue weighted by atomic mass is 32.2. The van der Waals surface area contributed by atoms with E-state index in [2.05, 4.69) is 57.9 Å². The molecule has 2 bridgehead atoms. The lowest BCUT2D eigenvalue weighted by Gasteiger charge is -2.34. The van der Waals surface area contributed by atoms with Gasteiger partial charge in [0.25, 0.3) is 5.91 Å². The third-order valence-electron chi connectivity index (χ3n) is 9.33. The zero-order chi connectivity index (χ0) is 23.9. The number of nitrogens with one attached hydrogen (secondary N) is 1. The van der Waals surface area contributed by atoms with Crippen LogP contribution in [0.4, 0.5) is 5.95 Å². The molecule has 4 fully saturated rings. The number of anilines is 1. The fourth-order valence-electron chi connectivity index (χ4n) is 6.37. The van der Waals surface area contributed by atoms with Gasteiger partial charge in [-0.2, -0.15) is 5.10 Å². The van der Waals surface area contributed by atoms with Crippen LogP contribution in [0.3, 0.4) is 0 Å². The van der Waals surface area contributed by atoms with E-state index in [4.69, 9.17) is 4.74 Å². The number of hydrogen-bond donors (Lipinski definition) is 1. The number of carbonyl (C=O) groups is 1. The van der Waals surface area contributed by atoms with Gasteiger partial charge in [-0.25, -0.2) is 5.43 Å². The zero-order valence-electron chi connectivity index (χ0n) is 21.2. The number of thioether (sulfide) groups is 1. The number of nitrogens with zero attached hydrogens (tertiary/aromatic N) is 5. The average molecular weight is 489 g/mol. The molecule has 0 radical (unpaired) electrons. The van der Waals surface area contributed by atoms with E-state index in [1.54, 1.807) is 0 Å². The summed E-state index contributed by atoms with van der Waals surface area (Å²) in [5.74, 6) is 2.55. The number of hydrogen-bond acceptors (Lipinski definition) is 7. The molecule has 0 spiro atoms. The van der Waals surface area contributed by atoms with Crippen LogP contribution in [0.2, 0.25) is 0 Å². The lowest BCUT2D eigenvalue weighted by atomic mass is 9.70. The maximum Gasteiger partial charge on any atom is 0.250 e. The van der Waals surface area contributed by atoms with Gasteiger partial charge >= 0.3 is 0 Å². The molecular formula is C25H40N6O2S. The lowest BCUT2D eigenvalue weighted by molar-refractivity contribution is -0.118. The van der Waals surface area contributed by atoms with Gasteiger partial charge in [0.2, 0.25) is 5.95 Å². The van der Waals surface area contributed by atoms with Crippen LogP contribution >= 0.6 is 11.8 Å². The van der Waals surface area contributed by atoms with Gasteiger partial charge in [-0.3, -0.25) is 9.36 Å². The lowest BCUT2D eigenvalue weighted by Crippen LogP contribution is -2.35. The van der Waals surface area contributed by atoms with Crippen molar-refractivity contribution in [3.8, 4) is 0 Å². The highest BCUT2D eigenvalue weighted by Crippen LogP contribution is 2.63. The van der Waals surface area contributed by atoms with Crippen LogP contribution in [0.15, 0.2) is 10.3 Å². The number of amides is 1. The molecule has 188 valence electrons. The topological polar surface area (TPSA) is 84.6 Å². The van der Waals surface area contributed by atoms with E-state index in [0.29, 0.717) is 5.92 Å². The SMILES string of the molecule is CC1CCN(c2nnc(SCC(=O)N/N=C3\CC4CCC3(C)C4(C)C)n2CC2CCCO2)CC1. The average Bonchev–Trinajstić information content (AvgIpc) is 3.55. The van der Waals surface area contributed by atoms with Crippen molar-refractivity contribution in [3.05, 3.63) is 0 Å². The largest absolute Gasteiger partial charge is 0.376 e. The number of carbonyl (C=O) groups excluding carboxylic acids is 1. The van der Waals surface area contributed by atoms with Crippen molar-refractivity contribution < 1.29 is 9.53 Å². The zero-order valence-corrected chi connectivity index (χ0v) is 22.0. The maximum absolute atomic E-state index is 12.7. The quantitative estimate of drug-likeness (QED) is 0.459.